The molecule has 0 radical (unpaired) electrons. The molecule has 42 heavy (non-hydrogen) atoms. The SMILES string of the molecule is C=C(/C=C\C(Cl)=C/C)[C@@H]1CCC[C@@H]1NC(=O)c1cccc(-c2ccc3oc(-c4ccc(F)cc4)c(C(=O)NC)c3c2)c1. The maximum absolute atomic E-state index is 13.5. The van der Waals surface area contributed by atoms with E-state index in [1.807, 2.05) is 55.5 Å². The van der Waals surface area contributed by atoms with Gasteiger partial charge in [-0.15, -0.1) is 0 Å². The van der Waals surface area contributed by atoms with Gasteiger partial charge in [-0.25, -0.2) is 4.39 Å². The maximum atomic E-state index is 13.5. The summed E-state index contributed by atoms with van der Waals surface area (Å²) in [5, 5.41) is 7.17. The van der Waals surface area contributed by atoms with Gasteiger partial charge in [-0.3, -0.25) is 9.59 Å². The minimum absolute atomic E-state index is 0.00929. The van der Waals surface area contributed by atoms with Crippen LogP contribution in [0.2, 0.25) is 0 Å². The predicted molar refractivity (Wildman–Crippen MR) is 167 cm³/mol. The van der Waals surface area contributed by atoms with Crippen LogP contribution >= 0.6 is 11.6 Å². The average Bonchev–Trinajstić information content (AvgIpc) is 3.64. The van der Waals surface area contributed by atoms with Crippen LogP contribution in [0.3, 0.4) is 0 Å². The summed E-state index contributed by atoms with van der Waals surface area (Å²) in [5.74, 6) is -0.316. The van der Waals surface area contributed by atoms with Gasteiger partial charge in [0.25, 0.3) is 11.8 Å². The Balaban J connectivity index is 1.42. The Labute approximate surface area is 249 Å². The fourth-order valence-corrected chi connectivity index (χ4v) is 5.57. The Morgan fingerprint density at radius 2 is 1.71 bits per heavy atom. The lowest BCUT2D eigenvalue weighted by Gasteiger charge is -2.22. The van der Waals surface area contributed by atoms with Gasteiger partial charge >= 0.3 is 0 Å². The van der Waals surface area contributed by atoms with Gasteiger partial charge in [0, 0.05) is 40.6 Å². The monoisotopic (exact) mass is 582 g/mol. The Morgan fingerprint density at radius 3 is 2.45 bits per heavy atom. The predicted octanol–water partition coefficient (Wildman–Crippen LogP) is 8.42. The van der Waals surface area contributed by atoms with Crippen molar-refractivity contribution < 1.29 is 18.4 Å². The van der Waals surface area contributed by atoms with E-state index in [0.29, 0.717) is 38.5 Å². The van der Waals surface area contributed by atoms with Gasteiger partial charge in [0.05, 0.1) is 5.56 Å². The van der Waals surface area contributed by atoms with Gasteiger partial charge in [0.1, 0.15) is 17.2 Å². The molecule has 1 fully saturated rings. The third-order valence-corrected chi connectivity index (χ3v) is 8.09. The molecular weight excluding hydrogens is 551 g/mol. The lowest BCUT2D eigenvalue weighted by atomic mass is 9.94. The molecule has 2 amide bonds. The summed E-state index contributed by atoms with van der Waals surface area (Å²) in [4.78, 5) is 26.3. The summed E-state index contributed by atoms with van der Waals surface area (Å²) in [6.07, 6.45) is 8.44. The van der Waals surface area contributed by atoms with Crippen molar-refractivity contribution in [2.24, 2.45) is 5.92 Å². The second kappa shape index (κ2) is 12.6. The summed E-state index contributed by atoms with van der Waals surface area (Å²) in [6, 6.07) is 18.8. The average molecular weight is 583 g/mol. The molecule has 0 aliphatic heterocycles. The summed E-state index contributed by atoms with van der Waals surface area (Å²) in [5.41, 5.74) is 4.64. The molecule has 0 saturated heterocycles. The molecule has 7 heteroatoms. The van der Waals surface area contributed by atoms with E-state index in [-0.39, 0.29) is 29.6 Å². The zero-order chi connectivity index (χ0) is 29.8. The number of amides is 2. The highest BCUT2D eigenvalue weighted by molar-refractivity contribution is 6.31. The van der Waals surface area contributed by atoms with Crippen molar-refractivity contribution in [1.29, 1.82) is 0 Å². The first-order valence-electron chi connectivity index (χ1n) is 13.9. The first-order valence-corrected chi connectivity index (χ1v) is 14.3. The van der Waals surface area contributed by atoms with Gasteiger partial charge in [-0.1, -0.05) is 60.5 Å². The van der Waals surface area contributed by atoms with Crippen molar-refractivity contribution in [2.75, 3.05) is 7.05 Å². The van der Waals surface area contributed by atoms with E-state index < -0.39 is 0 Å². The Bertz CT molecular complexity index is 1720. The van der Waals surface area contributed by atoms with E-state index >= 15 is 0 Å². The van der Waals surface area contributed by atoms with Crippen molar-refractivity contribution in [3.05, 3.63) is 119 Å². The number of hydrogen-bond acceptors (Lipinski definition) is 3. The maximum Gasteiger partial charge on any atom is 0.255 e. The Morgan fingerprint density at radius 1 is 0.976 bits per heavy atom. The van der Waals surface area contributed by atoms with Crippen molar-refractivity contribution in [3.8, 4) is 22.5 Å². The number of carbonyl (C=O) groups is 2. The van der Waals surface area contributed by atoms with Crippen LogP contribution in [0.5, 0.6) is 0 Å². The molecule has 1 aliphatic rings. The number of allylic oxidation sites excluding steroid dienone is 4. The summed E-state index contributed by atoms with van der Waals surface area (Å²) in [6.45, 7) is 6.10. The molecule has 0 bridgehead atoms. The number of benzene rings is 3. The highest BCUT2D eigenvalue weighted by Crippen LogP contribution is 2.37. The number of rotatable bonds is 8. The molecule has 4 aromatic rings. The van der Waals surface area contributed by atoms with Crippen LogP contribution in [-0.4, -0.2) is 24.9 Å². The van der Waals surface area contributed by atoms with Crippen molar-refractivity contribution in [1.82, 2.24) is 10.6 Å². The van der Waals surface area contributed by atoms with Crippen LogP contribution in [0.25, 0.3) is 33.4 Å². The molecule has 3 aromatic carbocycles. The second-order valence-electron chi connectivity index (χ2n) is 10.4. The molecule has 1 aromatic heterocycles. The van der Waals surface area contributed by atoms with Crippen molar-refractivity contribution in [2.45, 2.75) is 32.2 Å². The van der Waals surface area contributed by atoms with Gasteiger partial charge in [-0.2, -0.15) is 0 Å². The molecule has 5 nitrogen and oxygen atoms in total. The molecule has 214 valence electrons. The first-order chi connectivity index (χ1) is 20.3. The minimum Gasteiger partial charge on any atom is -0.455 e. The largest absolute Gasteiger partial charge is 0.455 e. The number of carbonyl (C=O) groups excluding carboxylic acids is 2. The first kappa shape index (κ1) is 29.1. The standard InChI is InChI=1S/C35H32ClFN2O3/c1-4-26(36)15-11-21(2)28-9-6-10-30(28)39-34(40)25-8-5-7-23(19-25)24-14-18-31-29(20-24)32(35(41)38-3)33(42-31)22-12-16-27(37)17-13-22/h4-5,7-8,11-20,28,30H,2,6,9-10H2,1,3H3,(H,38,41)(H,39,40)/b15-11-,26-4+/t28-,30-/m0/s1. The molecule has 2 atom stereocenters. The topological polar surface area (TPSA) is 71.3 Å². The number of furan rings is 1. The zero-order valence-electron chi connectivity index (χ0n) is 23.5. The number of halogens is 2. The molecule has 0 spiro atoms. The highest BCUT2D eigenvalue weighted by Gasteiger charge is 2.30. The van der Waals surface area contributed by atoms with Gasteiger partial charge in [0.2, 0.25) is 0 Å². The second-order valence-corrected chi connectivity index (χ2v) is 10.8. The van der Waals surface area contributed by atoms with Crippen LogP contribution in [0.1, 0.15) is 46.9 Å². The number of fused-ring (bicyclic) bond motifs is 1. The normalized spacial score (nSPS) is 17.1. The van der Waals surface area contributed by atoms with E-state index in [9.17, 15) is 14.0 Å². The molecule has 0 unspecified atom stereocenters. The van der Waals surface area contributed by atoms with E-state index in [1.54, 1.807) is 31.3 Å². The summed E-state index contributed by atoms with van der Waals surface area (Å²) >= 11 is 6.11. The summed E-state index contributed by atoms with van der Waals surface area (Å²) < 4.78 is 19.6. The van der Waals surface area contributed by atoms with Crippen LogP contribution in [0.15, 0.2) is 107 Å². The Hall–Kier alpha value is -4.42. The fraction of sp³-hybridized carbons (Fsp3) is 0.200. The smallest absolute Gasteiger partial charge is 0.255 e. The molecule has 1 saturated carbocycles. The zero-order valence-corrected chi connectivity index (χ0v) is 24.3. The van der Waals surface area contributed by atoms with E-state index in [2.05, 4.69) is 17.2 Å². The Kier molecular flexibility index (Phi) is 8.74. The van der Waals surface area contributed by atoms with E-state index in [0.717, 1.165) is 36.0 Å². The molecule has 1 aliphatic carbocycles. The number of hydrogen-bond donors (Lipinski definition) is 2. The lowest BCUT2D eigenvalue weighted by molar-refractivity contribution is 0.0929. The van der Waals surface area contributed by atoms with Gasteiger partial charge in [-0.05, 0) is 85.5 Å². The van der Waals surface area contributed by atoms with Crippen LogP contribution in [0, 0.1) is 11.7 Å². The van der Waals surface area contributed by atoms with E-state index in [4.69, 9.17) is 16.0 Å². The number of nitrogens with one attached hydrogen (secondary N) is 2. The van der Waals surface area contributed by atoms with Gasteiger partial charge in [0.15, 0.2) is 0 Å². The third-order valence-electron chi connectivity index (χ3n) is 7.75. The van der Waals surface area contributed by atoms with Crippen LogP contribution in [-0.2, 0) is 0 Å². The van der Waals surface area contributed by atoms with Crippen LogP contribution < -0.4 is 10.6 Å². The molecule has 1 heterocycles. The van der Waals surface area contributed by atoms with Crippen molar-refractivity contribution in [3.63, 3.8) is 0 Å². The fourth-order valence-electron chi connectivity index (χ4n) is 5.51. The highest BCUT2D eigenvalue weighted by atomic mass is 35.5. The van der Waals surface area contributed by atoms with Crippen molar-refractivity contribution >= 4 is 34.4 Å². The molecular formula is C35H32ClFN2O3. The molecule has 2 N–H and O–H groups in total. The minimum atomic E-state index is -0.373. The summed E-state index contributed by atoms with van der Waals surface area (Å²) in [7, 11) is 1.56. The van der Waals surface area contributed by atoms with E-state index in [1.165, 1.54) is 12.1 Å². The van der Waals surface area contributed by atoms with Gasteiger partial charge < -0.3 is 15.1 Å². The third kappa shape index (κ3) is 6.09. The molecule has 5 rings (SSSR count). The van der Waals surface area contributed by atoms with Crippen LogP contribution in [0.4, 0.5) is 4.39 Å². The quantitative estimate of drug-likeness (QED) is 0.205. The lowest BCUT2D eigenvalue weighted by Crippen LogP contribution is -2.37.